The van der Waals surface area contributed by atoms with Crippen LogP contribution in [0.2, 0.25) is 0 Å². The smallest absolute Gasteiger partial charge is 0.198 e. The second-order valence-corrected chi connectivity index (χ2v) is 2.76. The first-order valence-corrected chi connectivity index (χ1v) is 4.12. The van der Waals surface area contributed by atoms with Gasteiger partial charge in [0, 0.05) is 12.8 Å². The summed E-state index contributed by atoms with van der Waals surface area (Å²) in [6.45, 7) is 1.61. The molecular weight excluding hydrogens is 140 g/mol. The summed E-state index contributed by atoms with van der Waals surface area (Å²) in [5, 5.41) is 0. The van der Waals surface area contributed by atoms with Crippen LogP contribution in [0.15, 0.2) is 0 Å². The number of rotatable bonds is 7. The van der Waals surface area contributed by atoms with Crippen molar-refractivity contribution in [2.75, 3.05) is 0 Å². The van der Waals surface area contributed by atoms with E-state index in [0.717, 1.165) is 25.7 Å². The molecule has 11 heavy (non-hydrogen) atoms. The van der Waals surface area contributed by atoms with E-state index in [1.54, 1.807) is 6.92 Å². The van der Waals surface area contributed by atoms with E-state index in [4.69, 9.17) is 0 Å². The zero-order valence-electron chi connectivity index (χ0n) is 7.06. The molecule has 0 spiro atoms. The van der Waals surface area contributed by atoms with E-state index in [0.29, 0.717) is 12.8 Å². The molecule has 0 aromatic rings. The molecule has 0 fully saturated rings. The summed E-state index contributed by atoms with van der Waals surface area (Å²) in [6, 6.07) is 0. The zero-order chi connectivity index (χ0) is 8.53. The second-order valence-electron chi connectivity index (χ2n) is 2.76. The minimum atomic E-state index is 0.256. The maximum atomic E-state index is 10.5. The molecule has 63 valence electrons. The molecule has 1 radical (unpaired) electrons. The van der Waals surface area contributed by atoms with Crippen LogP contribution in [0.5, 0.6) is 0 Å². The summed E-state index contributed by atoms with van der Waals surface area (Å²) < 4.78 is 0. The van der Waals surface area contributed by atoms with Crippen LogP contribution >= 0.6 is 0 Å². The van der Waals surface area contributed by atoms with Gasteiger partial charge in [0.2, 0.25) is 0 Å². The highest BCUT2D eigenvalue weighted by atomic mass is 16.1. The van der Waals surface area contributed by atoms with E-state index >= 15 is 0 Å². The van der Waals surface area contributed by atoms with Crippen molar-refractivity contribution in [3.63, 3.8) is 0 Å². The lowest BCUT2D eigenvalue weighted by Gasteiger charge is -1.95. The number of hydrogen-bond donors (Lipinski definition) is 0. The van der Waals surface area contributed by atoms with Gasteiger partial charge in [0.1, 0.15) is 5.78 Å². The summed E-state index contributed by atoms with van der Waals surface area (Å²) in [5.41, 5.74) is 0. The fraction of sp³-hybridized carbons (Fsp3) is 0.778. The van der Waals surface area contributed by atoms with E-state index in [1.807, 2.05) is 6.29 Å². The molecule has 0 bridgehead atoms. The van der Waals surface area contributed by atoms with Gasteiger partial charge in [0.25, 0.3) is 0 Å². The number of ketones is 1. The van der Waals surface area contributed by atoms with Crippen LogP contribution in [0, 0.1) is 0 Å². The third-order valence-electron chi connectivity index (χ3n) is 1.56. The Morgan fingerprint density at radius 1 is 1.18 bits per heavy atom. The van der Waals surface area contributed by atoms with E-state index < -0.39 is 0 Å². The molecule has 2 nitrogen and oxygen atoms in total. The van der Waals surface area contributed by atoms with Gasteiger partial charge in [-0.3, -0.25) is 4.79 Å². The van der Waals surface area contributed by atoms with Crippen LogP contribution in [0.1, 0.15) is 45.4 Å². The lowest BCUT2D eigenvalue weighted by molar-refractivity contribution is -0.117. The van der Waals surface area contributed by atoms with E-state index in [1.165, 1.54) is 0 Å². The van der Waals surface area contributed by atoms with Crippen LogP contribution in [-0.2, 0) is 9.59 Å². The fourth-order valence-electron chi connectivity index (χ4n) is 0.925. The Labute approximate surface area is 68.0 Å². The van der Waals surface area contributed by atoms with Crippen LogP contribution < -0.4 is 0 Å². The number of carbonyl (C=O) groups excluding carboxylic acids is 2. The highest BCUT2D eigenvalue weighted by Gasteiger charge is 1.93. The SMILES string of the molecule is CC(=O)CCCCCC[C]=O. The molecule has 0 aliphatic rings. The molecule has 0 aromatic heterocycles. The molecule has 0 aliphatic heterocycles. The van der Waals surface area contributed by atoms with Gasteiger partial charge in [-0.1, -0.05) is 12.8 Å². The van der Waals surface area contributed by atoms with Crippen molar-refractivity contribution >= 4 is 12.1 Å². The predicted octanol–water partition coefficient (Wildman–Crippen LogP) is 2.03. The Morgan fingerprint density at radius 2 is 1.82 bits per heavy atom. The summed E-state index contributed by atoms with van der Waals surface area (Å²) >= 11 is 0. The molecule has 0 aromatic carbocycles. The average molecular weight is 155 g/mol. The first-order chi connectivity index (χ1) is 5.27. The Balaban J connectivity index is 2.90. The van der Waals surface area contributed by atoms with Crippen molar-refractivity contribution in [3.05, 3.63) is 0 Å². The summed E-state index contributed by atoms with van der Waals surface area (Å²) in [6.07, 6.45) is 7.06. The molecule has 0 saturated carbocycles. The summed E-state index contributed by atoms with van der Waals surface area (Å²) in [4.78, 5) is 20.2. The molecule has 0 heterocycles. The van der Waals surface area contributed by atoms with Crippen molar-refractivity contribution in [1.29, 1.82) is 0 Å². The largest absolute Gasteiger partial charge is 0.300 e. The van der Waals surface area contributed by atoms with Crippen molar-refractivity contribution in [2.45, 2.75) is 45.4 Å². The highest BCUT2D eigenvalue weighted by Crippen LogP contribution is 2.04. The number of unbranched alkanes of at least 4 members (excludes halogenated alkanes) is 4. The second kappa shape index (κ2) is 7.45. The van der Waals surface area contributed by atoms with E-state index in [-0.39, 0.29) is 5.78 Å². The minimum absolute atomic E-state index is 0.256. The van der Waals surface area contributed by atoms with Gasteiger partial charge < -0.3 is 4.79 Å². The Bertz CT molecular complexity index is 119. The van der Waals surface area contributed by atoms with Crippen LogP contribution in [0.3, 0.4) is 0 Å². The molecule has 0 unspecified atom stereocenters. The third kappa shape index (κ3) is 9.34. The van der Waals surface area contributed by atoms with Crippen LogP contribution in [0.4, 0.5) is 0 Å². The molecule has 0 aliphatic carbocycles. The van der Waals surface area contributed by atoms with Gasteiger partial charge in [0.05, 0.1) is 0 Å². The molecule has 0 N–H and O–H groups in total. The summed E-state index contributed by atoms with van der Waals surface area (Å²) in [5.74, 6) is 0.256. The minimum Gasteiger partial charge on any atom is -0.300 e. The van der Waals surface area contributed by atoms with Crippen molar-refractivity contribution in [1.82, 2.24) is 0 Å². The molecule has 0 atom stereocenters. The normalized spacial score (nSPS) is 9.55. The maximum Gasteiger partial charge on any atom is 0.198 e. The Morgan fingerprint density at radius 3 is 2.36 bits per heavy atom. The van der Waals surface area contributed by atoms with Gasteiger partial charge in [-0.15, -0.1) is 0 Å². The standard InChI is InChI=1S/C9H15O2/c1-9(11)7-5-3-2-4-6-8-10/h2-7H2,1H3. The third-order valence-corrected chi connectivity index (χ3v) is 1.56. The van der Waals surface area contributed by atoms with Gasteiger partial charge in [-0.2, -0.15) is 0 Å². The zero-order valence-corrected chi connectivity index (χ0v) is 7.06. The monoisotopic (exact) mass is 155 g/mol. The maximum absolute atomic E-state index is 10.5. The van der Waals surface area contributed by atoms with Crippen molar-refractivity contribution in [3.8, 4) is 0 Å². The van der Waals surface area contributed by atoms with Gasteiger partial charge in [-0.25, -0.2) is 0 Å². The molecule has 0 saturated heterocycles. The lowest BCUT2D eigenvalue weighted by atomic mass is 10.1. The van der Waals surface area contributed by atoms with Gasteiger partial charge in [-0.05, 0) is 19.8 Å². The lowest BCUT2D eigenvalue weighted by Crippen LogP contribution is -1.89. The molecule has 2 heteroatoms. The van der Waals surface area contributed by atoms with Crippen LogP contribution in [0.25, 0.3) is 0 Å². The van der Waals surface area contributed by atoms with Crippen LogP contribution in [-0.4, -0.2) is 12.1 Å². The van der Waals surface area contributed by atoms with E-state index in [2.05, 4.69) is 0 Å². The van der Waals surface area contributed by atoms with Crippen molar-refractivity contribution < 1.29 is 9.59 Å². The number of hydrogen-bond acceptors (Lipinski definition) is 2. The Kier molecular flexibility index (Phi) is 7.00. The first-order valence-electron chi connectivity index (χ1n) is 4.12. The summed E-state index contributed by atoms with van der Waals surface area (Å²) in [7, 11) is 0. The molecule has 0 rings (SSSR count). The highest BCUT2D eigenvalue weighted by molar-refractivity contribution is 5.75. The number of carbonyl (C=O) groups is 1. The topological polar surface area (TPSA) is 34.1 Å². The first kappa shape index (κ1) is 10.3. The molecular formula is C9H15O2. The molecule has 0 amide bonds. The predicted molar refractivity (Wildman–Crippen MR) is 44.1 cm³/mol. The number of Topliss-reactive ketones (excluding diaryl/α,β-unsaturated/α-hetero) is 1. The average Bonchev–Trinajstić information content (AvgIpc) is 1.96. The Hall–Kier alpha value is -0.660. The van der Waals surface area contributed by atoms with E-state index in [9.17, 15) is 9.59 Å². The van der Waals surface area contributed by atoms with Gasteiger partial charge in [0.15, 0.2) is 6.29 Å². The van der Waals surface area contributed by atoms with Gasteiger partial charge >= 0.3 is 0 Å². The van der Waals surface area contributed by atoms with Crippen molar-refractivity contribution in [2.24, 2.45) is 0 Å². The fourth-order valence-corrected chi connectivity index (χ4v) is 0.925. The quantitative estimate of drug-likeness (QED) is 0.527.